The Morgan fingerprint density at radius 2 is 1.76 bits per heavy atom. The Morgan fingerprint density at radius 3 is 2.38 bits per heavy atom. The molecule has 1 spiro atoms. The number of rotatable bonds is 8. The number of sulfonamides is 1. The van der Waals surface area contributed by atoms with Crippen LogP contribution >= 0.6 is 0 Å². The monoisotopic (exact) mass is 487 g/mol. The van der Waals surface area contributed by atoms with Crippen molar-refractivity contribution in [3.63, 3.8) is 0 Å². The molecule has 3 aliphatic rings. The predicted octanol–water partition coefficient (Wildman–Crippen LogP) is 4.36. The lowest BCUT2D eigenvalue weighted by Gasteiger charge is -2.54. The van der Waals surface area contributed by atoms with Crippen molar-refractivity contribution in [1.82, 2.24) is 9.62 Å². The molecule has 2 amide bonds. The summed E-state index contributed by atoms with van der Waals surface area (Å²) < 4.78 is 28.7. The maximum Gasteiger partial charge on any atom is 0.243 e. The van der Waals surface area contributed by atoms with E-state index in [1.165, 1.54) is 38.2 Å². The standard InChI is InChI=1S/C26H37N3O4S/c1-2-24(30)28-22-15-18-29(26(19-22)16-6-17-26)34(32,33)23-12-10-21(11-13-23)27-25(31)14-9-20-7-4-3-5-8-20/h2,10-13,20,22H,1,3-9,14-19H2,(H,27,31)(H,28,30). The zero-order valence-corrected chi connectivity index (χ0v) is 20.7. The minimum absolute atomic E-state index is 0.0155. The van der Waals surface area contributed by atoms with Crippen molar-refractivity contribution in [3.8, 4) is 0 Å². The van der Waals surface area contributed by atoms with Gasteiger partial charge in [0.05, 0.1) is 4.90 Å². The van der Waals surface area contributed by atoms with Crippen molar-refractivity contribution in [1.29, 1.82) is 0 Å². The maximum absolute atomic E-state index is 13.5. The first-order chi connectivity index (χ1) is 16.3. The normalized spacial score (nSPS) is 23.1. The summed E-state index contributed by atoms with van der Waals surface area (Å²) in [4.78, 5) is 24.4. The summed E-state index contributed by atoms with van der Waals surface area (Å²) in [6, 6.07) is 6.49. The van der Waals surface area contributed by atoms with Gasteiger partial charge in [-0.25, -0.2) is 8.42 Å². The fraction of sp³-hybridized carbons (Fsp3) is 0.615. The van der Waals surface area contributed by atoms with E-state index >= 15 is 0 Å². The van der Waals surface area contributed by atoms with Crippen LogP contribution in [0.1, 0.15) is 77.0 Å². The zero-order chi connectivity index (χ0) is 24.2. The minimum atomic E-state index is -3.67. The molecule has 2 N–H and O–H groups in total. The number of hydrogen-bond donors (Lipinski definition) is 2. The summed E-state index contributed by atoms with van der Waals surface area (Å²) in [6.45, 7) is 3.88. The molecule has 1 aliphatic heterocycles. The molecule has 7 nitrogen and oxygen atoms in total. The first kappa shape index (κ1) is 24.9. The van der Waals surface area contributed by atoms with Gasteiger partial charge in [0.1, 0.15) is 0 Å². The molecule has 1 heterocycles. The van der Waals surface area contributed by atoms with Gasteiger partial charge in [-0.2, -0.15) is 4.31 Å². The highest BCUT2D eigenvalue weighted by Gasteiger charge is 2.51. The average Bonchev–Trinajstić information content (AvgIpc) is 2.82. The average molecular weight is 488 g/mol. The van der Waals surface area contributed by atoms with Crippen LogP contribution in [0.5, 0.6) is 0 Å². The second-order valence-electron chi connectivity index (χ2n) is 10.2. The highest BCUT2D eigenvalue weighted by molar-refractivity contribution is 7.89. The van der Waals surface area contributed by atoms with Crippen LogP contribution < -0.4 is 10.6 Å². The fourth-order valence-electron chi connectivity index (χ4n) is 5.84. The van der Waals surface area contributed by atoms with Gasteiger partial charge in [-0.05, 0) is 74.8 Å². The number of benzene rings is 1. The van der Waals surface area contributed by atoms with Gasteiger partial charge in [0, 0.05) is 30.2 Å². The van der Waals surface area contributed by atoms with Crippen molar-refractivity contribution in [3.05, 3.63) is 36.9 Å². The second-order valence-corrected chi connectivity index (χ2v) is 12.0. The molecule has 2 saturated carbocycles. The topological polar surface area (TPSA) is 95.6 Å². The van der Waals surface area contributed by atoms with E-state index in [1.54, 1.807) is 28.6 Å². The molecule has 1 aromatic rings. The van der Waals surface area contributed by atoms with Gasteiger partial charge in [-0.15, -0.1) is 0 Å². The summed E-state index contributed by atoms with van der Waals surface area (Å²) >= 11 is 0. The highest BCUT2D eigenvalue weighted by Crippen LogP contribution is 2.47. The first-order valence-corrected chi connectivity index (χ1v) is 14.1. The molecule has 1 aromatic carbocycles. The van der Waals surface area contributed by atoms with Gasteiger partial charge in [0.15, 0.2) is 0 Å². The lowest BCUT2D eigenvalue weighted by Crippen LogP contribution is -2.63. The van der Waals surface area contributed by atoms with Gasteiger partial charge in [0.2, 0.25) is 21.8 Å². The molecule has 1 atom stereocenters. The smallest absolute Gasteiger partial charge is 0.243 e. The molecule has 3 fully saturated rings. The van der Waals surface area contributed by atoms with Gasteiger partial charge >= 0.3 is 0 Å². The van der Waals surface area contributed by atoms with Crippen LogP contribution in [0.15, 0.2) is 41.8 Å². The molecule has 8 heteroatoms. The Morgan fingerprint density at radius 1 is 1.06 bits per heavy atom. The van der Waals surface area contributed by atoms with Crippen LogP contribution in [0.3, 0.4) is 0 Å². The van der Waals surface area contributed by atoms with E-state index in [4.69, 9.17) is 0 Å². The molecule has 1 saturated heterocycles. The maximum atomic E-state index is 13.5. The molecular formula is C26H37N3O4S. The van der Waals surface area contributed by atoms with Crippen LogP contribution in [-0.4, -0.2) is 42.7 Å². The van der Waals surface area contributed by atoms with Crippen molar-refractivity contribution in [2.45, 2.75) is 93.5 Å². The Hall–Kier alpha value is -2.19. The van der Waals surface area contributed by atoms with Gasteiger partial charge < -0.3 is 10.6 Å². The van der Waals surface area contributed by atoms with E-state index in [0.717, 1.165) is 25.7 Å². The third kappa shape index (κ3) is 5.54. The quantitative estimate of drug-likeness (QED) is 0.533. The number of anilines is 1. The third-order valence-electron chi connectivity index (χ3n) is 7.88. The summed E-state index contributed by atoms with van der Waals surface area (Å²) in [5.41, 5.74) is 0.194. The number of carbonyl (C=O) groups is 2. The molecule has 34 heavy (non-hydrogen) atoms. The third-order valence-corrected chi connectivity index (χ3v) is 9.90. The van der Waals surface area contributed by atoms with Crippen LogP contribution in [0, 0.1) is 5.92 Å². The molecule has 1 unspecified atom stereocenters. The van der Waals surface area contributed by atoms with Crippen molar-refractivity contribution in [2.75, 3.05) is 11.9 Å². The van der Waals surface area contributed by atoms with Gasteiger partial charge in [-0.3, -0.25) is 9.59 Å². The predicted molar refractivity (Wildman–Crippen MR) is 133 cm³/mol. The Balaban J connectivity index is 1.37. The van der Waals surface area contributed by atoms with Gasteiger partial charge in [0.25, 0.3) is 0 Å². The number of piperidine rings is 1. The van der Waals surface area contributed by atoms with Gasteiger partial charge in [-0.1, -0.05) is 38.7 Å². The summed E-state index contributed by atoms with van der Waals surface area (Å²) in [6.07, 6.45) is 12.8. The Bertz CT molecular complexity index is 995. The number of hydrogen-bond acceptors (Lipinski definition) is 4. The number of carbonyl (C=O) groups excluding carboxylic acids is 2. The van der Waals surface area contributed by atoms with E-state index in [2.05, 4.69) is 17.2 Å². The highest BCUT2D eigenvalue weighted by atomic mass is 32.2. The lowest BCUT2D eigenvalue weighted by molar-refractivity contribution is -0.118. The second kappa shape index (κ2) is 10.6. The van der Waals surface area contributed by atoms with Crippen LogP contribution in [0.25, 0.3) is 0 Å². The summed E-state index contributed by atoms with van der Waals surface area (Å²) in [5.74, 6) is 0.422. The van der Waals surface area contributed by atoms with E-state index in [-0.39, 0.29) is 22.8 Å². The number of amides is 2. The number of nitrogens with one attached hydrogen (secondary N) is 2. The molecule has 2 aliphatic carbocycles. The largest absolute Gasteiger partial charge is 0.350 e. The van der Waals surface area contributed by atoms with Crippen LogP contribution in [-0.2, 0) is 19.6 Å². The van der Waals surface area contributed by atoms with Crippen molar-refractivity contribution >= 4 is 27.5 Å². The van der Waals surface area contributed by atoms with Crippen LogP contribution in [0.4, 0.5) is 5.69 Å². The van der Waals surface area contributed by atoms with E-state index in [1.807, 2.05) is 0 Å². The first-order valence-electron chi connectivity index (χ1n) is 12.7. The molecular weight excluding hydrogens is 450 g/mol. The van der Waals surface area contributed by atoms with Crippen molar-refractivity contribution < 1.29 is 18.0 Å². The number of nitrogens with zero attached hydrogens (tertiary/aromatic N) is 1. The lowest BCUT2D eigenvalue weighted by atomic mass is 9.70. The molecule has 186 valence electrons. The molecule has 0 radical (unpaired) electrons. The zero-order valence-electron chi connectivity index (χ0n) is 19.9. The Kier molecular flexibility index (Phi) is 7.77. The van der Waals surface area contributed by atoms with Crippen molar-refractivity contribution in [2.24, 2.45) is 5.92 Å². The summed E-state index contributed by atoms with van der Waals surface area (Å²) in [7, 11) is -3.67. The van der Waals surface area contributed by atoms with E-state index < -0.39 is 15.6 Å². The molecule has 4 rings (SSSR count). The van der Waals surface area contributed by atoms with Crippen LogP contribution in [0.2, 0.25) is 0 Å². The molecule has 0 aromatic heterocycles. The van der Waals surface area contributed by atoms with E-state index in [9.17, 15) is 18.0 Å². The van der Waals surface area contributed by atoms with E-state index in [0.29, 0.717) is 37.4 Å². The Labute approximate surface area is 203 Å². The SMILES string of the molecule is C=CC(=O)NC1CCN(S(=O)(=O)c2ccc(NC(=O)CCC3CCCCC3)cc2)C2(CCC2)C1. The fourth-order valence-corrected chi connectivity index (χ4v) is 7.69. The summed E-state index contributed by atoms with van der Waals surface area (Å²) in [5, 5.41) is 5.85. The molecule has 0 bridgehead atoms. The minimum Gasteiger partial charge on any atom is -0.350 e.